The molecule has 1 aliphatic heterocycles. The third-order valence-corrected chi connectivity index (χ3v) is 6.24. The molecule has 2 aromatic carbocycles. The topological polar surface area (TPSA) is 98.3 Å². The van der Waals surface area contributed by atoms with E-state index in [9.17, 15) is 4.79 Å². The second-order valence-electron chi connectivity index (χ2n) is 7.41. The third-order valence-electron chi connectivity index (χ3n) is 5.30. The summed E-state index contributed by atoms with van der Waals surface area (Å²) in [5.41, 5.74) is 3.81. The number of nitrogen functional groups attached to an aromatic ring is 1. The van der Waals surface area contributed by atoms with Crippen LogP contribution in [0, 0.1) is 6.92 Å². The van der Waals surface area contributed by atoms with Crippen LogP contribution in [0.1, 0.15) is 18.4 Å². The highest BCUT2D eigenvalue weighted by molar-refractivity contribution is 7.99. The summed E-state index contributed by atoms with van der Waals surface area (Å²) in [6, 6.07) is 13.6. The molecule has 1 aromatic heterocycles. The van der Waals surface area contributed by atoms with Gasteiger partial charge in [0.2, 0.25) is 11.1 Å². The molecule has 2 heterocycles. The number of rotatable bonds is 7. The van der Waals surface area contributed by atoms with Crippen molar-refractivity contribution in [2.45, 2.75) is 24.9 Å². The van der Waals surface area contributed by atoms with Gasteiger partial charge in [-0.25, -0.2) is 4.68 Å². The van der Waals surface area contributed by atoms with Crippen LogP contribution in [0.15, 0.2) is 47.6 Å². The number of carbonyl (C=O) groups excluding carboxylic acids is 1. The lowest BCUT2D eigenvalue weighted by molar-refractivity contribution is -0.113. The highest BCUT2D eigenvalue weighted by Crippen LogP contribution is 2.30. The maximum Gasteiger partial charge on any atom is 0.234 e. The van der Waals surface area contributed by atoms with E-state index in [2.05, 4.69) is 32.5 Å². The summed E-state index contributed by atoms with van der Waals surface area (Å²) in [6.45, 7) is 4.20. The van der Waals surface area contributed by atoms with E-state index in [1.165, 1.54) is 35.0 Å². The van der Waals surface area contributed by atoms with Crippen LogP contribution in [0.25, 0.3) is 11.4 Å². The van der Waals surface area contributed by atoms with E-state index in [0.717, 1.165) is 29.9 Å². The zero-order valence-electron chi connectivity index (χ0n) is 17.7. The molecule has 31 heavy (non-hydrogen) atoms. The van der Waals surface area contributed by atoms with Gasteiger partial charge in [0.25, 0.3) is 0 Å². The summed E-state index contributed by atoms with van der Waals surface area (Å²) in [6.07, 6.45) is 2.47. The van der Waals surface area contributed by atoms with Crippen molar-refractivity contribution in [1.82, 2.24) is 14.9 Å². The Hall–Kier alpha value is -3.20. The minimum absolute atomic E-state index is 0.121. The largest absolute Gasteiger partial charge is 0.496 e. The van der Waals surface area contributed by atoms with Crippen LogP contribution in [0.5, 0.6) is 5.75 Å². The lowest BCUT2D eigenvalue weighted by Crippen LogP contribution is -2.19. The molecule has 1 fully saturated rings. The number of hydrogen-bond acceptors (Lipinski definition) is 7. The summed E-state index contributed by atoms with van der Waals surface area (Å²) in [5.74, 6) is 7.37. The average Bonchev–Trinajstić information content (AvgIpc) is 3.44. The van der Waals surface area contributed by atoms with Crippen molar-refractivity contribution >= 4 is 29.0 Å². The van der Waals surface area contributed by atoms with Crippen molar-refractivity contribution in [1.29, 1.82) is 0 Å². The van der Waals surface area contributed by atoms with E-state index < -0.39 is 0 Å². The first-order valence-electron chi connectivity index (χ1n) is 10.2. The van der Waals surface area contributed by atoms with Gasteiger partial charge in [-0.15, -0.1) is 10.2 Å². The number of aromatic nitrogens is 3. The number of aryl methyl sites for hydroxylation is 1. The van der Waals surface area contributed by atoms with Gasteiger partial charge in [0.1, 0.15) is 5.75 Å². The standard InChI is InChI=1S/C22H26N6O2S/c1-15-13-16(27-11-5-6-12-27)9-10-18(15)24-20(29)14-31-22-26-25-21(28(22)23)17-7-3-4-8-19(17)30-2/h3-4,7-10,13H,5-6,11-12,14,23H2,1-2H3,(H,24,29). The first-order valence-corrected chi connectivity index (χ1v) is 11.2. The smallest absolute Gasteiger partial charge is 0.234 e. The average molecular weight is 439 g/mol. The summed E-state index contributed by atoms with van der Waals surface area (Å²) in [5, 5.41) is 11.7. The van der Waals surface area contributed by atoms with Crippen LogP contribution < -0.4 is 20.8 Å². The van der Waals surface area contributed by atoms with Crippen LogP contribution in [0.2, 0.25) is 0 Å². The predicted octanol–water partition coefficient (Wildman–Crippen LogP) is 3.31. The number of carbonyl (C=O) groups is 1. The quantitative estimate of drug-likeness (QED) is 0.431. The number of amides is 1. The number of para-hydroxylation sites is 1. The Balaban J connectivity index is 1.39. The maximum atomic E-state index is 12.5. The first kappa shape index (κ1) is 21.0. The lowest BCUT2D eigenvalue weighted by Gasteiger charge is -2.19. The lowest BCUT2D eigenvalue weighted by atomic mass is 10.1. The Morgan fingerprint density at radius 1 is 1.19 bits per heavy atom. The van der Waals surface area contributed by atoms with Crippen molar-refractivity contribution in [3.05, 3.63) is 48.0 Å². The van der Waals surface area contributed by atoms with Crippen molar-refractivity contribution in [2.75, 3.05) is 42.0 Å². The summed E-state index contributed by atoms with van der Waals surface area (Å²) in [4.78, 5) is 14.9. The fraction of sp³-hybridized carbons (Fsp3) is 0.318. The minimum atomic E-state index is -0.121. The molecule has 0 atom stereocenters. The number of nitrogens with zero attached hydrogens (tertiary/aromatic N) is 4. The molecule has 9 heteroatoms. The molecule has 0 unspecified atom stereocenters. The molecule has 1 amide bonds. The van der Waals surface area contributed by atoms with Crippen LogP contribution in [-0.2, 0) is 4.79 Å². The molecule has 8 nitrogen and oxygen atoms in total. The molecular formula is C22H26N6O2S. The Morgan fingerprint density at radius 2 is 1.97 bits per heavy atom. The maximum absolute atomic E-state index is 12.5. The van der Waals surface area contributed by atoms with Crippen LogP contribution in [-0.4, -0.2) is 46.7 Å². The minimum Gasteiger partial charge on any atom is -0.496 e. The van der Waals surface area contributed by atoms with Crippen LogP contribution in [0.3, 0.4) is 0 Å². The number of nitrogens with one attached hydrogen (secondary N) is 1. The third kappa shape index (κ3) is 4.61. The molecule has 4 rings (SSSR count). The molecule has 0 saturated carbocycles. The second-order valence-corrected chi connectivity index (χ2v) is 8.35. The highest BCUT2D eigenvalue weighted by Gasteiger charge is 2.17. The van der Waals surface area contributed by atoms with Gasteiger partial charge in [-0.1, -0.05) is 23.9 Å². The second kappa shape index (κ2) is 9.30. The molecule has 1 saturated heterocycles. The van der Waals surface area contributed by atoms with Crippen LogP contribution in [0.4, 0.5) is 11.4 Å². The normalized spacial score (nSPS) is 13.4. The van der Waals surface area contributed by atoms with Crippen molar-refractivity contribution in [2.24, 2.45) is 0 Å². The van der Waals surface area contributed by atoms with Gasteiger partial charge in [0.15, 0.2) is 5.82 Å². The van der Waals surface area contributed by atoms with Gasteiger partial charge in [-0.3, -0.25) is 4.79 Å². The zero-order valence-corrected chi connectivity index (χ0v) is 18.5. The Labute approximate surface area is 185 Å². The molecule has 0 aliphatic carbocycles. The van der Waals surface area contributed by atoms with E-state index in [-0.39, 0.29) is 11.7 Å². The molecule has 3 aromatic rings. The Morgan fingerprint density at radius 3 is 2.71 bits per heavy atom. The molecule has 162 valence electrons. The van der Waals surface area contributed by atoms with E-state index in [4.69, 9.17) is 10.6 Å². The van der Waals surface area contributed by atoms with Gasteiger partial charge in [-0.2, -0.15) is 0 Å². The van der Waals surface area contributed by atoms with Gasteiger partial charge < -0.3 is 20.8 Å². The molecular weight excluding hydrogens is 412 g/mol. The zero-order chi connectivity index (χ0) is 21.8. The fourth-order valence-electron chi connectivity index (χ4n) is 3.67. The van der Waals surface area contributed by atoms with Gasteiger partial charge >= 0.3 is 0 Å². The van der Waals surface area contributed by atoms with E-state index >= 15 is 0 Å². The Kier molecular flexibility index (Phi) is 6.31. The SMILES string of the molecule is COc1ccccc1-c1nnc(SCC(=O)Nc2ccc(N3CCCC3)cc2C)n1N. The van der Waals surface area contributed by atoms with Gasteiger partial charge in [-0.05, 0) is 55.7 Å². The highest BCUT2D eigenvalue weighted by atomic mass is 32.2. The molecule has 3 N–H and O–H groups in total. The fourth-order valence-corrected chi connectivity index (χ4v) is 4.32. The first-order chi connectivity index (χ1) is 15.1. The van der Waals surface area contributed by atoms with Crippen molar-refractivity contribution in [3.63, 3.8) is 0 Å². The summed E-state index contributed by atoms with van der Waals surface area (Å²) < 4.78 is 6.75. The van der Waals surface area contributed by atoms with Crippen molar-refractivity contribution in [3.8, 4) is 17.1 Å². The van der Waals surface area contributed by atoms with Crippen LogP contribution >= 0.6 is 11.8 Å². The summed E-state index contributed by atoms with van der Waals surface area (Å²) in [7, 11) is 1.59. The molecule has 1 aliphatic rings. The van der Waals surface area contributed by atoms with Gasteiger partial charge in [0, 0.05) is 24.5 Å². The molecule has 0 radical (unpaired) electrons. The number of methoxy groups -OCH3 is 1. The Bertz CT molecular complexity index is 1080. The molecule has 0 spiro atoms. The van der Waals surface area contributed by atoms with E-state index in [1.54, 1.807) is 7.11 Å². The van der Waals surface area contributed by atoms with E-state index in [1.807, 2.05) is 37.3 Å². The number of ether oxygens (including phenoxy) is 1. The van der Waals surface area contributed by atoms with Crippen molar-refractivity contribution < 1.29 is 9.53 Å². The number of nitrogens with two attached hydrogens (primary N) is 1. The number of thioether (sulfide) groups is 1. The number of hydrogen-bond donors (Lipinski definition) is 2. The number of anilines is 2. The summed E-state index contributed by atoms with van der Waals surface area (Å²) >= 11 is 1.24. The van der Waals surface area contributed by atoms with E-state index in [0.29, 0.717) is 16.7 Å². The number of benzene rings is 2. The van der Waals surface area contributed by atoms with Gasteiger partial charge in [0.05, 0.1) is 18.4 Å². The molecule has 0 bridgehead atoms. The monoisotopic (exact) mass is 438 g/mol. The predicted molar refractivity (Wildman–Crippen MR) is 124 cm³/mol.